The molecule has 0 aromatic heterocycles. The third-order valence-electron chi connectivity index (χ3n) is 8.39. The van der Waals surface area contributed by atoms with Crippen molar-refractivity contribution in [2.45, 2.75) is 205 Å². The lowest BCUT2D eigenvalue weighted by Gasteiger charge is -2.04. The Morgan fingerprint density at radius 2 is 0.489 bits per heavy atom. The average molecular weight is 727 g/mol. The lowest BCUT2D eigenvalue weighted by molar-refractivity contribution is -0.138. The normalized spacial score (nSPS) is 11.4. The lowest BCUT2D eigenvalue weighted by atomic mass is 10.0. The predicted molar refractivity (Wildman–Crippen MR) is 211 cm³/mol. The zero-order chi connectivity index (χ0) is 32.7. The van der Waals surface area contributed by atoms with Crippen molar-refractivity contribution in [1.82, 2.24) is 0 Å². The van der Waals surface area contributed by atoms with Crippen molar-refractivity contribution in [2.75, 3.05) is 11.5 Å². The highest BCUT2D eigenvalue weighted by Crippen LogP contribution is 2.48. The molecule has 45 heavy (non-hydrogen) atoms. The second kappa shape index (κ2) is 40.9. The van der Waals surface area contributed by atoms with E-state index in [4.69, 9.17) is 10.2 Å². The summed E-state index contributed by atoms with van der Waals surface area (Å²) in [5.41, 5.74) is 0. The van der Waals surface area contributed by atoms with E-state index in [1.54, 1.807) is 0 Å². The molecule has 0 spiro atoms. The van der Waals surface area contributed by atoms with E-state index >= 15 is 0 Å². The summed E-state index contributed by atoms with van der Waals surface area (Å²) in [5, 5.41) is 17.3. The van der Waals surface area contributed by atoms with Crippen molar-refractivity contribution < 1.29 is 19.8 Å². The van der Waals surface area contributed by atoms with Gasteiger partial charge in [-0.15, -0.1) is 0 Å². The summed E-state index contributed by atoms with van der Waals surface area (Å²) in [6.07, 6.45) is 40.0. The van der Waals surface area contributed by atoms with Crippen LogP contribution in [-0.4, -0.2) is 33.7 Å². The molecule has 0 heterocycles. The molecule has 0 saturated heterocycles. The van der Waals surface area contributed by atoms with Gasteiger partial charge in [0.2, 0.25) is 0 Å². The molecule has 0 atom stereocenters. The van der Waals surface area contributed by atoms with E-state index in [9.17, 15) is 9.59 Å². The summed E-state index contributed by atoms with van der Waals surface area (Å²) in [6, 6.07) is 0. The maximum absolute atomic E-state index is 10.5. The standard InChI is InChI=1S/C36H70O4S5/c37-35(38)31-27-23-19-15-11-7-3-1-5-9-13-17-21-25-29-33-41-43-45-44-42-34-30-26-22-18-14-10-6-2-4-8-12-16-20-24-28-32-36(39)40/h1-34H2,(H,37,38)(H,39,40). The van der Waals surface area contributed by atoms with Crippen LogP contribution in [0.4, 0.5) is 0 Å². The largest absolute Gasteiger partial charge is 0.481 e. The Bertz CT molecular complexity index is 562. The number of hydrogen-bond donors (Lipinski definition) is 2. The van der Waals surface area contributed by atoms with Crippen LogP contribution in [0.3, 0.4) is 0 Å². The Morgan fingerprint density at radius 1 is 0.289 bits per heavy atom. The number of rotatable bonds is 40. The fourth-order valence-electron chi connectivity index (χ4n) is 5.59. The van der Waals surface area contributed by atoms with Crippen LogP contribution in [0.15, 0.2) is 0 Å². The van der Waals surface area contributed by atoms with Crippen LogP contribution in [-0.2, 0) is 9.59 Å². The van der Waals surface area contributed by atoms with Gasteiger partial charge in [0.25, 0.3) is 0 Å². The number of aliphatic carboxylic acids is 2. The van der Waals surface area contributed by atoms with Gasteiger partial charge in [0.15, 0.2) is 0 Å². The Labute approximate surface area is 298 Å². The van der Waals surface area contributed by atoms with Crippen LogP contribution in [0.5, 0.6) is 0 Å². The third kappa shape index (κ3) is 44.7. The molecule has 268 valence electrons. The Hall–Kier alpha value is 0.690. The highest BCUT2D eigenvalue weighted by molar-refractivity contribution is 9.35. The zero-order valence-corrected chi connectivity index (χ0v) is 32.9. The summed E-state index contributed by atoms with van der Waals surface area (Å²) >= 11 is 0. The van der Waals surface area contributed by atoms with Crippen LogP contribution in [0.2, 0.25) is 0 Å². The monoisotopic (exact) mass is 726 g/mol. The van der Waals surface area contributed by atoms with Gasteiger partial charge in [-0.1, -0.05) is 189 Å². The highest BCUT2D eigenvalue weighted by Gasteiger charge is 2.00. The SMILES string of the molecule is O=C(O)CCCCCCCCCCCCCCCCCSSSSSCCCCCCCCCCCCCCCCCC(=O)O. The first-order chi connectivity index (χ1) is 22.1. The predicted octanol–water partition coefficient (Wildman–Crippen LogP) is 15.0. The summed E-state index contributed by atoms with van der Waals surface area (Å²) in [7, 11) is 9.96. The van der Waals surface area contributed by atoms with E-state index in [0.29, 0.717) is 12.8 Å². The lowest BCUT2D eigenvalue weighted by Crippen LogP contribution is -1.93. The molecule has 4 nitrogen and oxygen atoms in total. The van der Waals surface area contributed by atoms with E-state index in [0.717, 1.165) is 25.7 Å². The van der Waals surface area contributed by atoms with Gasteiger partial charge in [-0.25, -0.2) is 0 Å². The quantitative estimate of drug-likeness (QED) is 0.0474. The number of unbranched alkanes of at least 4 members (excludes halogenated alkanes) is 28. The Kier molecular flexibility index (Phi) is 41.5. The minimum atomic E-state index is -0.656. The van der Waals surface area contributed by atoms with Crippen molar-refractivity contribution >= 4 is 63.0 Å². The van der Waals surface area contributed by atoms with Gasteiger partial charge in [-0.3, -0.25) is 9.59 Å². The molecule has 0 bridgehead atoms. The number of carboxylic acid groups (broad SMARTS) is 2. The molecule has 0 amide bonds. The van der Waals surface area contributed by atoms with Crippen LogP contribution in [0, 0.1) is 0 Å². The molecule has 0 aromatic carbocycles. The maximum atomic E-state index is 10.5. The number of carboxylic acids is 2. The van der Waals surface area contributed by atoms with Gasteiger partial charge in [0.1, 0.15) is 0 Å². The molecular weight excluding hydrogens is 657 g/mol. The molecular formula is C36H70O4S5. The van der Waals surface area contributed by atoms with Crippen molar-refractivity contribution in [3.63, 3.8) is 0 Å². The number of hydrogen-bond acceptors (Lipinski definition) is 7. The van der Waals surface area contributed by atoms with E-state index in [1.807, 2.05) is 51.1 Å². The van der Waals surface area contributed by atoms with Crippen molar-refractivity contribution in [3.8, 4) is 0 Å². The van der Waals surface area contributed by atoms with E-state index in [1.165, 1.54) is 178 Å². The zero-order valence-electron chi connectivity index (χ0n) is 28.8. The van der Waals surface area contributed by atoms with E-state index in [-0.39, 0.29) is 0 Å². The van der Waals surface area contributed by atoms with Gasteiger partial charge in [0, 0.05) is 24.3 Å². The minimum Gasteiger partial charge on any atom is -0.481 e. The average Bonchev–Trinajstić information content (AvgIpc) is 3.02. The van der Waals surface area contributed by atoms with Crippen LogP contribution < -0.4 is 0 Å². The van der Waals surface area contributed by atoms with Gasteiger partial charge >= 0.3 is 11.9 Å². The van der Waals surface area contributed by atoms with Gasteiger partial charge in [-0.2, -0.15) is 0 Å². The summed E-state index contributed by atoms with van der Waals surface area (Å²) in [5.74, 6) is 1.27. The molecule has 0 aromatic rings. The molecule has 9 heteroatoms. The molecule has 0 aliphatic carbocycles. The highest BCUT2D eigenvalue weighted by atomic mass is 33.8. The number of carbonyl (C=O) groups is 2. The van der Waals surface area contributed by atoms with Crippen LogP contribution in [0.25, 0.3) is 0 Å². The van der Waals surface area contributed by atoms with Gasteiger partial charge < -0.3 is 10.2 Å². The van der Waals surface area contributed by atoms with Crippen LogP contribution in [0.1, 0.15) is 205 Å². The molecule has 0 aliphatic rings. The second-order valence-electron chi connectivity index (χ2n) is 12.7. The third-order valence-corrected chi connectivity index (χ3v) is 17.2. The molecule has 0 fully saturated rings. The smallest absolute Gasteiger partial charge is 0.303 e. The summed E-state index contributed by atoms with van der Waals surface area (Å²) < 4.78 is 0. The van der Waals surface area contributed by atoms with E-state index in [2.05, 4.69) is 0 Å². The first kappa shape index (κ1) is 45.7. The van der Waals surface area contributed by atoms with Crippen molar-refractivity contribution in [1.29, 1.82) is 0 Å². The maximum Gasteiger partial charge on any atom is 0.303 e. The van der Waals surface area contributed by atoms with Crippen molar-refractivity contribution in [2.24, 2.45) is 0 Å². The summed E-state index contributed by atoms with van der Waals surface area (Å²) in [6.45, 7) is 0. The molecule has 2 N–H and O–H groups in total. The minimum absolute atomic E-state index is 0.337. The van der Waals surface area contributed by atoms with Crippen molar-refractivity contribution in [3.05, 3.63) is 0 Å². The first-order valence-electron chi connectivity index (χ1n) is 18.8. The topological polar surface area (TPSA) is 74.6 Å². The van der Waals surface area contributed by atoms with Gasteiger partial charge in [0.05, 0.1) is 0 Å². The van der Waals surface area contributed by atoms with Gasteiger partial charge in [-0.05, 0) is 55.2 Å². The fraction of sp³-hybridized carbons (Fsp3) is 0.944. The fourth-order valence-corrected chi connectivity index (χ4v) is 14.6. The van der Waals surface area contributed by atoms with Crippen LogP contribution >= 0.6 is 51.1 Å². The second-order valence-corrected chi connectivity index (χ2v) is 20.8. The van der Waals surface area contributed by atoms with E-state index < -0.39 is 11.9 Å². The molecule has 0 unspecified atom stereocenters. The molecule has 0 radical (unpaired) electrons. The molecule has 0 aliphatic heterocycles. The Balaban J connectivity index is 3.05. The summed E-state index contributed by atoms with van der Waals surface area (Å²) in [4.78, 5) is 21.0. The Morgan fingerprint density at radius 3 is 0.711 bits per heavy atom. The first-order valence-corrected chi connectivity index (χ1v) is 25.3. The molecule has 0 saturated carbocycles. The molecule has 0 rings (SSSR count).